The summed E-state index contributed by atoms with van der Waals surface area (Å²) in [7, 11) is 0. The first-order valence-electron chi connectivity index (χ1n) is 5.38. The molecule has 0 aliphatic carbocycles. The lowest BCUT2D eigenvalue weighted by Gasteiger charge is -2.07. The van der Waals surface area contributed by atoms with Crippen LogP contribution in [0.5, 0.6) is 0 Å². The van der Waals surface area contributed by atoms with Crippen molar-refractivity contribution >= 4 is 51.3 Å². The second kappa shape index (κ2) is 5.66. The van der Waals surface area contributed by atoms with Gasteiger partial charge in [0.15, 0.2) is 5.13 Å². The molecule has 1 heterocycles. The zero-order chi connectivity index (χ0) is 13.3. The summed E-state index contributed by atoms with van der Waals surface area (Å²) in [6.07, 6.45) is 1.47. The zero-order valence-electron chi connectivity index (χ0n) is 9.64. The van der Waals surface area contributed by atoms with Gasteiger partial charge in [-0.05, 0) is 24.1 Å². The second-order valence-electron chi connectivity index (χ2n) is 3.80. The first kappa shape index (κ1) is 13.9. The number of thiazole rings is 1. The van der Waals surface area contributed by atoms with E-state index >= 15 is 0 Å². The fourth-order valence-corrected chi connectivity index (χ4v) is 3.60. The number of aryl methyl sites for hydroxylation is 1. The number of anilines is 1. The quantitative estimate of drug-likeness (QED) is 0.878. The van der Waals surface area contributed by atoms with Gasteiger partial charge in [-0.15, -0.1) is 11.3 Å². The molecule has 96 valence electrons. The summed E-state index contributed by atoms with van der Waals surface area (Å²) in [6, 6.07) is 3.39. The highest BCUT2D eigenvalue weighted by molar-refractivity contribution is 7.15. The summed E-state index contributed by atoms with van der Waals surface area (Å²) in [5.41, 5.74) is 7.59. The van der Waals surface area contributed by atoms with Crippen LogP contribution in [-0.2, 0) is 12.8 Å². The van der Waals surface area contributed by atoms with E-state index in [1.165, 1.54) is 11.3 Å². The lowest BCUT2D eigenvalue weighted by molar-refractivity contribution is 1.02. The first-order chi connectivity index (χ1) is 8.51. The third-order valence-electron chi connectivity index (χ3n) is 2.57. The van der Waals surface area contributed by atoms with Gasteiger partial charge in [0.05, 0.1) is 5.69 Å². The van der Waals surface area contributed by atoms with Gasteiger partial charge in [0.2, 0.25) is 0 Å². The van der Waals surface area contributed by atoms with Crippen LogP contribution in [0.4, 0.5) is 5.13 Å². The van der Waals surface area contributed by atoms with Gasteiger partial charge in [-0.1, -0.05) is 41.7 Å². The SMILES string of the molecule is CCc1nc(N)sc1Cc1c(Cl)cc(Cl)cc1Cl. The highest BCUT2D eigenvalue weighted by Crippen LogP contribution is 2.33. The maximum Gasteiger partial charge on any atom is 0.180 e. The molecule has 18 heavy (non-hydrogen) atoms. The molecule has 0 fully saturated rings. The molecule has 0 unspecified atom stereocenters. The van der Waals surface area contributed by atoms with E-state index in [0.29, 0.717) is 26.6 Å². The topological polar surface area (TPSA) is 38.9 Å². The Bertz CT molecular complexity index is 558. The predicted octanol–water partition coefficient (Wildman–Crippen LogP) is 4.84. The van der Waals surface area contributed by atoms with Gasteiger partial charge in [0, 0.05) is 26.4 Å². The van der Waals surface area contributed by atoms with Crippen LogP contribution in [0.3, 0.4) is 0 Å². The minimum Gasteiger partial charge on any atom is -0.375 e. The number of nitrogen functional groups attached to an aromatic ring is 1. The molecule has 2 rings (SSSR count). The van der Waals surface area contributed by atoms with E-state index in [-0.39, 0.29) is 0 Å². The Morgan fingerprint density at radius 3 is 2.39 bits per heavy atom. The summed E-state index contributed by atoms with van der Waals surface area (Å²) in [4.78, 5) is 5.38. The molecule has 1 aromatic heterocycles. The standard InChI is InChI=1S/C12H11Cl3N2S/c1-2-10-11(18-12(16)17-10)5-7-8(14)3-6(13)4-9(7)15/h3-4H,2,5H2,1H3,(H2,16,17). The van der Waals surface area contributed by atoms with Crippen LogP contribution in [0.2, 0.25) is 15.1 Å². The third-order valence-corrected chi connectivity index (χ3v) is 4.39. The monoisotopic (exact) mass is 320 g/mol. The number of halogens is 3. The maximum absolute atomic E-state index is 6.17. The van der Waals surface area contributed by atoms with Gasteiger partial charge in [-0.3, -0.25) is 0 Å². The fourth-order valence-electron chi connectivity index (χ4n) is 1.72. The predicted molar refractivity (Wildman–Crippen MR) is 80.2 cm³/mol. The average Bonchev–Trinajstić information content (AvgIpc) is 2.64. The summed E-state index contributed by atoms with van der Waals surface area (Å²) in [5.74, 6) is 0. The van der Waals surface area contributed by atoms with Crippen molar-refractivity contribution < 1.29 is 0 Å². The van der Waals surface area contributed by atoms with E-state index < -0.39 is 0 Å². The van der Waals surface area contributed by atoms with Crippen molar-refractivity contribution in [2.45, 2.75) is 19.8 Å². The zero-order valence-corrected chi connectivity index (χ0v) is 12.7. The fraction of sp³-hybridized carbons (Fsp3) is 0.250. The molecular formula is C12H11Cl3N2S. The Kier molecular flexibility index (Phi) is 4.38. The van der Waals surface area contributed by atoms with Crippen LogP contribution >= 0.6 is 46.1 Å². The van der Waals surface area contributed by atoms with Crippen molar-refractivity contribution in [3.05, 3.63) is 43.3 Å². The maximum atomic E-state index is 6.17. The number of benzene rings is 1. The molecule has 1 aromatic carbocycles. The van der Waals surface area contributed by atoms with Crippen molar-refractivity contribution in [2.24, 2.45) is 0 Å². The molecule has 0 saturated heterocycles. The largest absolute Gasteiger partial charge is 0.375 e. The van der Waals surface area contributed by atoms with Crippen LogP contribution in [0.25, 0.3) is 0 Å². The Morgan fingerprint density at radius 2 is 1.83 bits per heavy atom. The second-order valence-corrected chi connectivity index (χ2v) is 6.17. The Labute approximate surface area is 125 Å². The van der Waals surface area contributed by atoms with Gasteiger partial charge in [-0.2, -0.15) is 0 Å². The van der Waals surface area contributed by atoms with Crippen LogP contribution in [0.1, 0.15) is 23.1 Å². The van der Waals surface area contributed by atoms with Crippen molar-refractivity contribution in [3.63, 3.8) is 0 Å². The van der Waals surface area contributed by atoms with Crippen LogP contribution in [0, 0.1) is 0 Å². The summed E-state index contributed by atoms with van der Waals surface area (Å²) in [6.45, 7) is 2.04. The average molecular weight is 322 g/mol. The van der Waals surface area contributed by atoms with Gasteiger partial charge in [0.1, 0.15) is 0 Å². The number of nitrogens with two attached hydrogens (primary N) is 1. The van der Waals surface area contributed by atoms with Gasteiger partial charge in [0.25, 0.3) is 0 Å². The molecule has 0 atom stereocenters. The Hall–Kier alpha value is -0.480. The van der Waals surface area contributed by atoms with Gasteiger partial charge < -0.3 is 5.73 Å². The van der Waals surface area contributed by atoms with Crippen LogP contribution in [0.15, 0.2) is 12.1 Å². The molecule has 0 aliphatic rings. The number of rotatable bonds is 3. The summed E-state index contributed by atoms with van der Waals surface area (Å²) >= 11 is 19.7. The van der Waals surface area contributed by atoms with Crippen molar-refractivity contribution in [2.75, 3.05) is 5.73 Å². The third kappa shape index (κ3) is 2.91. The number of hydrogen-bond donors (Lipinski definition) is 1. The highest BCUT2D eigenvalue weighted by Gasteiger charge is 2.14. The van der Waals surface area contributed by atoms with E-state index in [0.717, 1.165) is 22.6 Å². The van der Waals surface area contributed by atoms with Gasteiger partial charge in [-0.25, -0.2) is 4.98 Å². The first-order valence-corrected chi connectivity index (χ1v) is 7.33. The van der Waals surface area contributed by atoms with E-state index in [1.807, 2.05) is 6.92 Å². The molecule has 0 radical (unpaired) electrons. The molecule has 0 saturated carbocycles. The smallest absolute Gasteiger partial charge is 0.180 e. The molecule has 0 spiro atoms. The van der Waals surface area contributed by atoms with E-state index in [2.05, 4.69) is 4.98 Å². The minimum absolute atomic E-state index is 0.535. The summed E-state index contributed by atoms with van der Waals surface area (Å²) in [5, 5.41) is 2.25. The minimum atomic E-state index is 0.535. The van der Waals surface area contributed by atoms with Crippen molar-refractivity contribution in [1.82, 2.24) is 4.98 Å². The molecule has 0 aliphatic heterocycles. The van der Waals surface area contributed by atoms with Crippen LogP contribution in [-0.4, -0.2) is 4.98 Å². The molecule has 2 nitrogen and oxygen atoms in total. The normalized spacial score (nSPS) is 10.9. The van der Waals surface area contributed by atoms with E-state index in [9.17, 15) is 0 Å². The molecule has 0 amide bonds. The Balaban J connectivity index is 2.39. The number of hydrogen-bond acceptors (Lipinski definition) is 3. The molecule has 2 aromatic rings. The van der Waals surface area contributed by atoms with Gasteiger partial charge >= 0.3 is 0 Å². The number of aromatic nitrogens is 1. The lowest BCUT2D eigenvalue weighted by Crippen LogP contribution is -1.93. The summed E-state index contributed by atoms with van der Waals surface area (Å²) < 4.78 is 0. The molecular weight excluding hydrogens is 311 g/mol. The molecule has 0 bridgehead atoms. The van der Waals surface area contributed by atoms with Crippen molar-refractivity contribution in [1.29, 1.82) is 0 Å². The highest BCUT2D eigenvalue weighted by atomic mass is 35.5. The molecule has 2 N–H and O–H groups in total. The van der Waals surface area contributed by atoms with Crippen molar-refractivity contribution in [3.8, 4) is 0 Å². The van der Waals surface area contributed by atoms with Crippen LogP contribution < -0.4 is 5.73 Å². The Morgan fingerprint density at radius 1 is 1.22 bits per heavy atom. The molecule has 6 heteroatoms. The van der Waals surface area contributed by atoms with E-state index in [4.69, 9.17) is 40.5 Å². The number of nitrogens with zero attached hydrogens (tertiary/aromatic N) is 1. The lowest BCUT2D eigenvalue weighted by atomic mass is 10.1. The van der Waals surface area contributed by atoms with E-state index in [1.54, 1.807) is 12.1 Å².